The summed E-state index contributed by atoms with van der Waals surface area (Å²) in [5, 5.41) is 0. The van der Waals surface area contributed by atoms with Gasteiger partial charge in [0.15, 0.2) is 0 Å². The van der Waals surface area contributed by atoms with E-state index in [-0.39, 0.29) is 10.8 Å². The number of hydrogen-bond donors (Lipinski definition) is 0. The number of para-hydroxylation sites is 1. The van der Waals surface area contributed by atoms with Crippen molar-refractivity contribution in [3.63, 3.8) is 0 Å². The average molecular weight is 586 g/mol. The fraction of sp³-hybridized carbons (Fsp3) is 0.143. The summed E-state index contributed by atoms with van der Waals surface area (Å²) in [7, 11) is 0. The summed E-state index contributed by atoms with van der Waals surface area (Å²) in [6, 6.07) is 51.5. The third-order valence-corrected chi connectivity index (χ3v) is 10.9. The molecule has 0 radical (unpaired) electrons. The normalized spacial score (nSPS) is 15.5. The standard InChI is InChI=1S/C42H35NS/c1-41(2)33-17-8-10-19-37(33)43(32-16-12-15-29(25-32)28-13-6-5-7-14-28)38-23-21-30(26-35(38)41)31-22-24-40-36(27-31)42(3,4)34-18-9-11-20-39(34)44-40/h5-27H,1-4H3. The molecule has 0 aliphatic carbocycles. The molecule has 0 amide bonds. The zero-order valence-corrected chi connectivity index (χ0v) is 26.5. The van der Waals surface area contributed by atoms with E-state index >= 15 is 0 Å². The number of fused-ring (bicyclic) bond motifs is 4. The Labute approximate surface area is 265 Å². The van der Waals surface area contributed by atoms with Gasteiger partial charge < -0.3 is 4.90 Å². The van der Waals surface area contributed by atoms with E-state index in [9.17, 15) is 0 Å². The molecular formula is C42H35NS. The van der Waals surface area contributed by atoms with Crippen molar-refractivity contribution in [1.29, 1.82) is 0 Å². The van der Waals surface area contributed by atoms with Gasteiger partial charge in [0.2, 0.25) is 0 Å². The maximum absolute atomic E-state index is 2.45. The summed E-state index contributed by atoms with van der Waals surface area (Å²) in [4.78, 5) is 5.17. The number of rotatable bonds is 3. The smallest absolute Gasteiger partial charge is 0.0503 e. The van der Waals surface area contributed by atoms with E-state index in [1.165, 1.54) is 71.4 Å². The maximum Gasteiger partial charge on any atom is 0.0503 e. The van der Waals surface area contributed by atoms with Gasteiger partial charge in [0.1, 0.15) is 0 Å². The molecule has 6 aromatic rings. The highest BCUT2D eigenvalue weighted by molar-refractivity contribution is 7.99. The second-order valence-corrected chi connectivity index (χ2v) is 14.1. The van der Waals surface area contributed by atoms with Crippen molar-refractivity contribution in [3.05, 3.63) is 162 Å². The molecule has 0 saturated carbocycles. The minimum Gasteiger partial charge on any atom is -0.310 e. The van der Waals surface area contributed by atoms with Gasteiger partial charge in [-0.3, -0.25) is 0 Å². The Morgan fingerprint density at radius 3 is 1.80 bits per heavy atom. The molecule has 2 aliphatic rings. The lowest BCUT2D eigenvalue weighted by molar-refractivity contribution is 0.607. The lowest BCUT2D eigenvalue weighted by atomic mass is 9.72. The molecule has 0 saturated heterocycles. The Morgan fingerprint density at radius 2 is 0.977 bits per heavy atom. The summed E-state index contributed by atoms with van der Waals surface area (Å²) in [6.45, 7) is 9.47. The number of benzene rings is 6. The first kappa shape index (κ1) is 27.0. The third-order valence-electron chi connectivity index (χ3n) is 9.71. The third kappa shape index (κ3) is 4.16. The minimum atomic E-state index is -0.155. The van der Waals surface area contributed by atoms with Gasteiger partial charge in [-0.1, -0.05) is 130 Å². The fourth-order valence-corrected chi connectivity index (χ4v) is 8.62. The number of anilines is 3. The Morgan fingerprint density at radius 1 is 0.409 bits per heavy atom. The van der Waals surface area contributed by atoms with E-state index in [0.29, 0.717) is 0 Å². The molecule has 0 aromatic heterocycles. The predicted octanol–water partition coefficient (Wildman–Crippen LogP) is 11.9. The minimum absolute atomic E-state index is 0.0554. The zero-order valence-electron chi connectivity index (χ0n) is 25.6. The SMILES string of the molecule is CC1(C)c2ccccc2Sc2ccc(-c3ccc4c(c3)C(C)(C)c3ccccc3N4c3cccc(-c4ccccc4)c3)cc21. The molecule has 214 valence electrons. The molecule has 0 fully saturated rings. The summed E-state index contributed by atoms with van der Waals surface area (Å²) < 4.78 is 0. The van der Waals surface area contributed by atoms with Crippen molar-refractivity contribution in [2.75, 3.05) is 4.90 Å². The van der Waals surface area contributed by atoms with Crippen molar-refractivity contribution in [2.45, 2.75) is 48.3 Å². The lowest BCUT2D eigenvalue weighted by Gasteiger charge is -2.42. The van der Waals surface area contributed by atoms with Crippen LogP contribution in [0.25, 0.3) is 22.3 Å². The van der Waals surface area contributed by atoms with Crippen LogP contribution in [0, 0.1) is 0 Å². The van der Waals surface area contributed by atoms with Gasteiger partial charge in [0.25, 0.3) is 0 Å². The van der Waals surface area contributed by atoms with Gasteiger partial charge in [0, 0.05) is 26.3 Å². The van der Waals surface area contributed by atoms with E-state index in [0.717, 1.165) is 0 Å². The molecule has 44 heavy (non-hydrogen) atoms. The van der Waals surface area contributed by atoms with Gasteiger partial charge in [-0.15, -0.1) is 0 Å². The van der Waals surface area contributed by atoms with Crippen LogP contribution in [-0.2, 0) is 10.8 Å². The van der Waals surface area contributed by atoms with Crippen LogP contribution in [0.1, 0.15) is 49.9 Å². The highest BCUT2D eigenvalue weighted by Crippen LogP contribution is 2.54. The Hall–Kier alpha value is -4.53. The second-order valence-electron chi connectivity index (χ2n) is 13.1. The summed E-state index contributed by atoms with van der Waals surface area (Å²) in [5.41, 5.74) is 13.9. The van der Waals surface area contributed by atoms with Gasteiger partial charge in [0.05, 0.1) is 11.4 Å². The van der Waals surface area contributed by atoms with Gasteiger partial charge in [-0.05, 0) is 93.0 Å². The van der Waals surface area contributed by atoms with Crippen LogP contribution >= 0.6 is 11.8 Å². The summed E-state index contributed by atoms with van der Waals surface area (Å²) >= 11 is 1.89. The zero-order chi connectivity index (χ0) is 30.1. The summed E-state index contributed by atoms with van der Waals surface area (Å²) in [5.74, 6) is 0. The Balaban J connectivity index is 1.27. The van der Waals surface area contributed by atoms with Crippen LogP contribution in [0.15, 0.2) is 149 Å². The maximum atomic E-state index is 2.45. The monoisotopic (exact) mass is 585 g/mol. The van der Waals surface area contributed by atoms with Crippen molar-refractivity contribution < 1.29 is 0 Å². The highest BCUT2D eigenvalue weighted by atomic mass is 32.2. The lowest BCUT2D eigenvalue weighted by Crippen LogP contribution is -2.30. The van der Waals surface area contributed by atoms with Gasteiger partial charge >= 0.3 is 0 Å². The predicted molar refractivity (Wildman–Crippen MR) is 187 cm³/mol. The molecule has 0 unspecified atom stereocenters. The molecule has 6 aromatic carbocycles. The van der Waals surface area contributed by atoms with Gasteiger partial charge in [-0.2, -0.15) is 0 Å². The van der Waals surface area contributed by atoms with Crippen LogP contribution < -0.4 is 4.90 Å². The van der Waals surface area contributed by atoms with Crippen LogP contribution in [0.4, 0.5) is 17.1 Å². The van der Waals surface area contributed by atoms with Crippen LogP contribution in [0.3, 0.4) is 0 Å². The van der Waals surface area contributed by atoms with E-state index in [1.54, 1.807) is 0 Å². The summed E-state index contributed by atoms with van der Waals surface area (Å²) in [6.07, 6.45) is 0. The van der Waals surface area contributed by atoms with E-state index in [2.05, 4.69) is 172 Å². The molecule has 2 heteroatoms. The number of hydrogen-bond acceptors (Lipinski definition) is 2. The topological polar surface area (TPSA) is 3.24 Å². The van der Waals surface area contributed by atoms with Crippen LogP contribution in [0.5, 0.6) is 0 Å². The van der Waals surface area contributed by atoms with E-state index < -0.39 is 0 Å². The average Bonchev–Trinajstić information content (AvgIpc) is 3.05. The van der Waals surface area contributed by atoms with E-state index in [1.807, 2.05) is 11.8 Å². The molecule has 2 heterocycles. The Kier molecular flexibility index (Phi) is 6.15. The Bertz CT molecular complexity index is 2050. The molecule has 8 rings (SSSR count). The quantitative estimate of drug-likeness (QED) is 0.203. The first-order valence-electron chi connectivity index (χ1n) is 15.4. The fourth-order valence-electron chi connectivity index (χ4n) is 7.24. The van der Waals surface area contributed by atoms with E-state index in [4.69, 9.17) is 0 Å². The van der Waals surface area contributed by atoms with Crippen molar-refractivity contribution >= 4 is 28.8 Å². The highest BCUT2D eigenvalue weighted by Gasteiger charge is 2.37. The second kappa shape index (κ2) is 10.0. The molecule has 0 spiro atoms. The molecule has 0 N–H and O–H groups in total. The number of nitrogens with zero attached hydrogens (tertiary/aromatic N) is 1. The first-order chi connectivity index (χ1) is 21.3. The largest absolute Gasteiger partial charge is 0.310 e. The van der Waals surface area contributed by atoms with Crippen molar-refractivity contribution in [3.8, 4) is 22.3 Å². The van der Waals surface area contributed by atoms with Crippen molar-refractivity contribution in [1.82, 2.24) is 0 Å². The molecule has 0 atom stereocenters. The molecule has 2 aliphatic heterocycles. The van der Waals surface area contributed by atoms with Crippen LogP contribution in [-0.4, -0.2) is 0 Å². The molecule has 0 bridgehead atoms. The first-order valence-corrected chi connectivity index (χ1v) is 16.3. The molecule has 1 nitrogen and oxygen atoms in total. The van der Waals surface area contributed by atoms with Gasteiger partial charge in [-0.25, -0.2) is 0 Å². The molecular weight excluding hydrogens is 551 g/mol. The van der Waals surface area contributed by atoms with Crippen molar-refractivity contribution in [2.24, 2.45) is 0 Å². The van der Waals surface area contributed by atoms with Crippen LogP contribution in [0.2, 0.25) is 0 Å².